The van der Waals surface area contributed by atoms with Crippen LogP contribution in [0, 0.1) is 0 Å². The predicted molar refractivity (Wildman–Crippen MR) is 38.1 cm³/mol. The standard InChI is InChI=1S/C6H14O.CH4/c1-4-5-6(2)7-3;/h6H,4-5H2,1-3H3;1H4. The molecule has 0 heterocycles. The van der Waals surface area contributed by atoms with Crippen LogP contribution in [0.15, 0.2) is 0 Å². The minimum atomic E-state index is 0. The Morgan fingerprint density at radius 3 is 2.12 bits per heavy atom. The molecule has 0 aromatic rings. The SMILES string of the molecule is C.CCCC(C)OC. The van der Waals surface area contributed by atoms with Crippen molar-refractivity contribution in [3.8, 4) is 0 Å². The zero-order valence-electron chi connectivity index (χ0n) is 5.40. The van der Waals surface area contributed by atoms with Crippen molar-refractivity contribution < 1.29 is 4.74 Å². The van der Waals surface area contributed by atoms with Gasteiger partial charge in [-0.2, -0.15) is 0 Å². The molecule has 0 rings (SSSR count). The molecule has 1 atom stereocenters. The first kappa shape index (κ1) is 10.9. The summed E-state index contributed by atoms with van der Waals surface area (Å²) in [7, 11) is 1.75. The van der Waals surface area contributed by atoms with E-state index in [0.29, 0.717) is 6.10 Å². The topological polar surface area (TPSA) is 9.23 Å². The zero-order valence-corrected chi connectivity index (χ0v) is 5.40. The molecule has 0 spiro atoms. The lowest BCUT2D eigenvalue weighted by atomic mass is 10.2. The zero-order chi connectivity index (χ0) is 5.70. The minimum Gasteiger partial charge on any atom is -0.382 e. The van der Waals surface area contributed by atoms with Crippen molar-refractivity contribution in [1.29, 1.82) is 0 Å². The van der Waals surface area contributed by atoms with E-state index >= 15 is 0 Å². The summed E-state index contributed by atoms with van der Waals surface area (Å²) in [6, 6.07) is 0. The van der Waals surface area contributed by atoms with Crippen LogP contribution in [0.3, 0.4) is 0 Å². The normalized spacial score (nSPS) is 12.4. The van der Waals surface area contributed by atoms with Crippen molar-refractivity contribution in [3.63, 3.8) is 0 Å². The molecule has 1 unspecified atom stereocenters. The van der Waals surface area contributed by atoms with Gasteiger partial charge < -0.3 is 4.74 Å². The summed E-state index contributed by atoms with van der Waals surface area (Å²) < 4.78 is 4.99. The number of hydrogen-bond acceptors (Lipinski definition) is 1. The van der Waals surface area contributed by atoms with Crippen molar-refractivity contribution in [2.24, 2.45) is 0 Å². The second kappa shape index (κ2) is 6.96. The lowest BCUT2D eigenvalue weighted by Crippen LogP contribution is -2.02. The number of methoxy groups -OCH3 is 1. The molecule has 0 aliphatic rings. The Kier molecular flexibility index (Phi) is 9.44. The average Bonchev–Trinajstić information content (AvgIpc) is 1.68. The van der Waals surface area contributed by atoms with Crippen molar-refractivity contribution in [1.82, 2.24) is 0 Å². The van der Waals surface area contributed by atoms with Crippen LogP contribution in [0.2, 0.25) is 0 Å². The molecule has 0 aliphatic carbocycles. The van der Waals surface area contributed by atoms with Crippen molar-refractivity contribution in [2.45, 2.75) is 40.2 Å². The van der Waals surface area contributed by atoms with E-state index in [9.17, 15) is 0 Å². The monoisotopic (exact) mass is 118 g/mol. The second-order valence-electron chi connectivity index (χ2n) is 1.83. The van der Waals surface area contributed by atoms with E-state index < -0.39 is 0 Å². The van der Waals surface area contributed by atoms with Gasteiger partial charge in [0.2, 0.25) is 0 Å². The van der Waals surface area contributed by atoms with Crippen LogP contribution >= 0.6 is 0 Å². The summed E-state index contributed by atoms with van der Waals surface area (Å²) in [5, 5.41) is 0. The van der Waals surface area contributed by atoms with E-state index in [0.717, 1.165) is 0 Å². The van der Waals surface area contributed by atoms with Gasteiger partial charge in [-0.1, -0.05) is 20.8 Å². The Morgan fingerprint density at radius 1 is 1.50 bits per heavy atom. The van der Waals surface area contributed by atoms with Gasteiger partial charge in [0, 0.05) is 7.11 Å². The van der Waals surface area contributed by atoms with Gasteiger partial charge in [0.1, 0.15) is 0 Å². The van der Waals surface area contributed by atoms with E-state index in [-0.39, 0.29) is 7.43 Å². The van der Waals surface area contributed by atoms with Gasteiger partial charge in [-0.3, -0.25) is 0 Å². The first-order valence-electron chi connectivity index (χ1n) is 2.84. The first-order chi connectivity index (χ1) is 3.31. The summed E-state index contributed by atoms with van der Waals surface area (Å²) in [5.74, 6) is 0. The third-order valence-corrected chi connectivity index (χ3v) is 1.10. The van der Waals surface area contributed by atoms with Crippen LogP contribution in [-0.4, -0.2) is 13.2 Å². The highest BCUT2D eigenvalue weighted by Crippen LogP contribution is 1.96. The molecule has 0 saturated carbocycles. The molecule has 0 fully saturated rings. The molecule has 0 amide bonds. The van der Waals surface area contributed by atoms with E-state index in [1.165, 1.54) is 12.8 Å². The fraction of sp³-hybridized carbons (Fsp3) is 1.00. The highest BCUT2D eigenvalue weighted by Gasteiger charge is 1.92. The van der Waals surface area contributed by atoms with Gasteiger partial charge in [-0.15, -0.1) is 0 Å². The molecule has 0 aromatic heterocycles. The second-order valence-corrected chi connectivity index (χ2v) is 1.83. The Morgan fingerprint density at radius 2 is 2.00 bits per heavy atom. The maximum Gasteiger partial charge on any atom is 0.0543 e. The first-order valence-corrected chi connectivity index (χ1v) is 2.84. The number of hydrogen-bond donors (Lipinski definition) is 0. The smallest absolute Gasteiger partial charge is 0.0543 e. The Bertz CT molecular complexity index is 35.4. The van der Waals surface area contributed by atoms with E-state index in [4.69, 9.17) is 4.74 Å². The summed E-state index contributed by atoms with van der Waals surface area (Å²) in [6.07, 6.45) is 2.84. The lowest BCUT2D eigenvalue weighted by Gasteiger charge is -2.04. The van der Waals surface area contributed by atoms with E-state index in [1.54, 1.807) is 7.11 Å². The fourth-order valence-electron chi connectivity index (χ4n) is 0.524. The van der Waals surface area contributed by atoms with Gasteiger partial charge in [-0.05, 0) is 13.3 Å². The minimum absolute atomic E-state index is 0. The molecule has 0 bridgehead atoms. The quantitative estimate of drug-likeness (QED) is 0.553. The van der Waals surface area contributed by atoms with Crippen molar-refractivity contribution in [3.05, 3.63) is 0 Å². The molecule has 0 radical (unpaired) electrons. The Labute approximate surface area is 53.0 Å². The van der Waals surface area contributed by atoms with Crippen LogP contribution in [0.5, 0.6) is 0 Å². The summed E-state index contributed by atoms with van der Waals surface area (Å²) in [4.78, 5) is 0. The molecule has 0 saturated heterocycles. The highest BCUT2D eigenvalue weighted by molar-refractivity contribution is 4.43. The van der Waals surface area contributed by atoms with Gasteiger partial charge in [0.05, 0.1) is 6.10 Å². The molecular weight excluding hydrogens is 100 g/mol. The summed E-state index contributed by atoms with van der Waals surface area (Å²) in [6.45, 7) is 4.25. The van der Waals surface area contributed by atoms with Gasteiger partial charge >= 0.3 is 0 Å². The van der Waals surface area contributed by atoms with Crippen molar-refractivity contribution in [2.75, 3.05) is 7.11 Å². The van der Waals surface area contributed by atoms with Crippen LogP contribution in [-0.2, 0) is 4.74 Å². The number of ether oxygens (including phenoxy) is 1. The summed E-state index contributed by atoms with van der Waals surface area (Å²) in [5.41, 5.74) is 0. The molecular formula is C7H18O. The predicted octanol–water partition coefficient (Wildman–Crippen LogP) is 2.46. The number of rotatable bonds is 3. The van der Waals surface area contributed by atoms with Crippen LogP contribution < -0.4 is 0 Å². The maximum atomic E-state index is 4.99. The molecule has 1 nitrogen and oxygen atoms in total. The Hall–Kier alpha value is -0.0400. The van der Waals surface area contributed by atoms with E-state index in [2.05, 4.69) is 13.8 Å². The molecule has 0 N–H and O–H groups in total. The molecule has 0 aliphatic heterocycles. The highest BCUT2D eigenvalue weighted by atomic mass is 16.5. The van der Waals surface area contributed by atoms with Gasteiger partial charge in [0.15, 0.2) is 0 Å². The van der Waals surface area contributed by atoms with Gasteiger partial charge in [-0.25, -0.2) is 0 Å². The fourth-order valence-corrected chi connectivity index (χ4v) is 0.524. The molecule has 1 heteroatoms. The third-order valence-electron chi connectivity index (χ3n) is 1.10. The van der Waals surface area contributed by atoms with Crippen LogP contribution in [0.1, 0.15) is 34.1 Å². The van der Waals surface area contributed by atoms with Gasteiger partial charge in [0.25, 0.3) is 0 Å². The maximum absolute atomic E-state index is 4.99. The lowest BCUT2D eigenvalue weighted by molar-refractivity contribution is 0.110. The van der Waals surface area contributed by atoms with Crippen LogP contribution in [0.25, 0.3) is 0 Å². The molecule has 0 aromatic carbocycles. The average molecular weight is 118 g/mol. The van der Waals surface area contributed by atoms with E-state index in [1.807, 2.05) is 0 Å². The van der Waals surface area contributed by atoms with Crippen molar-refractivity contribution >= 4 is 0 Å². The summed E-state index contributed by atoms with van der Waals surface area (Å²) >= 11 is 0. The Balaban J connectivity index is 0. The molecule has 8 heavy (non-hydrogen) atoms. The molecule has 52 valence electrons. The third kappa shape index (κ3) is 5.96. The van der Waals surface area contributed by atoms with Crippen LogP contribution in [0.4, 0.5) is 0 Å². The largest absolute Gasteiger partial charge is 0.382 e.